The molecule has 0 saturated carbocycles. The van der Waals surface area contributed by atoms with E-state index in [0.717, 1.165) is 38.7 Å². The van der Waals surface area contributed by atoms with Crippen LogP contribution in [0.2, 0.25) is 15.7 Å². The summed E-state index contributed by atoms with van der Waals surface area (Å²) in [5.74, 6) is 0. The maximum absolute atomic E-state index is 6.07. The standard InChI is InChI=1S/C16H9ClN2O.C10H4Cl2N2O/c17-16-18-13(10-6-2-1-3-7-10)15-14(19-16)11-8-4-5-9-12(11)20-15;11-9-8-7(13-10(12)14-9)5-3-1-2-4-6(5)15-8/h1-9H;1-4H. The highest BCUT2D eigenvalue weighted by molar-refractivity contribution is 6.36. The summed E-state index contributed by atoms with van der Waals surface area (Å²) in [7, 11) is 0. The lowest BCUT2D eigenvalue weighted by Gasteiger charge is -2.01. The van der Waals surface area contributed by atoms with E-state index in [1.807, 2.05) is 78.9 Å². The van der Waals surface area contributed by atoms with Gasteiger partial charge >= 0.3 is 0 Å². The van der Waals surface area contributed by atoms with Crippen LogP contribution in [0.25, 0.3) is 55.4 Å². The lowest BCUT2D eigenvalue weighted by atomic mass is 10.1. The van der Waals surface area contributed by atoms with Crippen LogP contribution in [0.5, 0.6) is 0 Å². The van der Waals surface area contributed by atoms with Gasteiger partial charge in [-0.1, -0.05) is 66.2 Å². The smallest absolute Gasteiger partial charge is 0.224 e. The van der Waals surface area contributed by atoms with Gasteiger partial charge in [0, 0.05) is 16.3 Å². The van der Waals surface area contributed by atoms with Crippen molar-refractivity contribution < 1.29 is 8.83 Å². The highest BCUT2D eigenvalue weighted by atomic mass is 35.5. The molecule has 0 radical (unpaired) electrons. The van der Waals surface area contributed by atoms with Crippen molar-refractivity contribution in [2.45, 2.75) is 0 Å². The molecule has 0 unspecified atom stereocenters. The Morgan fingerprint density at radius 2 is 1.03 bits per heavy atom. The number of hydrogen-bond donors (Lipinski definition) is 0. The van der Waals surface area contributed by atoms with Crippen LogP contribution in [0.15, 0.2) is 87.7 Å². The Balaban J connectivity index is 0.000000136. The van der Waals surface area contributed by atoms with Gasteiger partial charge in [0.25, 0.3) is 0 Å². The van der Waals surface area contributed by atoms with Crippen LogP contribution in [0.1, 0.15) is 0 Å². The van der Waals surface area contributed by atoms with Gasteiger partial charge in [0.2, 0.25) is 10.6 Å². The molecule has 0 atom stereocenters. The first-order valence-corrected chi connectivity index (χ1v) is 11.6. The topological polar surface area (TPSA) is 77.8 Å². The van der Waals surface area contributed by atoms with E-state index in [9.17, 15) is 0 Å². The number of fused-ring (bicyclic) bond motifs is 6. The van der Waals surface area contributed by atoms with Gasteiger partial charge < -0.3 is 8.83 Å². The highest BCUT2D eigenvalue weighted by Gasteiger charge is 2.16. The average molecular weight is 520 g/mol. The minimum atomic E-state index is 0.124. The Labute approximate surface area is 213 Å². The van der Waals surface area contributed by atoms with Crippen LogP contribution in [0, 0.1) is 0 Å². The molecule has 0 amide bonds. The van der Waals surface area contributed by atoms with E-state index in [0.29, 0.717) is 16.7 Å². The van der Waals surface area contributed by atoms with Gasteiger partial charge in [-0.2, -0.15) is 0 Å². The molecule has 35 heavy (non-hydrogen) atoms. The lowest BCUT2D eigenvalue weighted by molar-refractivity contribution is 0.666. The Kier molecular flexibility index (Phi) is 5.49. The van der Waals surface area contributed by atoms with E-state index in [-0.39, 0.29) is 15.7 Å². The van der Waals surface area contributed by atoms with Crippen molar-refractivity contribution in [2.24, 2.45) is 0 Å². The molecule has 0 N–H and O–H groups in total. The summed E-state index contributed by atoms with van der Waals surface area (Å²) in [5, 5.41) is 2.42. The SMILES string of the molecule is Clc1nc(-c2ccccc2)c2oc3ccccc3c2n1.Clc1nc(Cl)c2oc3ccccc3c2n1. The Hall–Kier alpha value is -3.71. The molecular formula is C26H13Cl3N4O2. The van der Waals surface area contributed by atoms with E-state index in [1.54, 1.807) is 0 Å². The summed E-state index contributed by atoms with van der Waals surface area (Å²) in [6.45, 7) is 0. The summed E-state index contributed by atoms with van der Waals surface area (Å²) in [6.07, 6.45) is 0. The number of rotatable bonds is 1. The molecule has 7 rings (SSSR count). The number of aromatic nitrogens is 4. The lowest BCUT2D eigenvalue weighted by Crippen LogP contribution is -1.88. The summed E-state index contributed by atoms with van der Waals surface area (Å²) in [5.41, 5.74) is 5.74. The number of halogens is 3. The van der Waals surface area contributed by atoms with Crippen LogP contribution >= 0.6 is 34.8 Å². The van der Waals surface area contributed by atoms with Crippen LogP contribution in [0.3, 0.4) is 0 Å². The Morgan fingerprint density at radius 1 is 0.514 bits per heavy atom. The summed E-state index contributed by atoms with van der Waals surface area (Å²) in [4.78, 5) is 16.6. The molecule has 0 aliphatic carbocycles. The molecule has 0 spiro atoms. The van der Waals surface area contributed by atoms with Gasteiger partial charge in [0.05, 0.1) is 0 Å². The van der Waals surface area contributed by atoms with Crippen molar-refractivity contribution in [1.82, 2.24) is 19.9 Å². The third-order valence-electron chi connectivity index (χ3n) is 5.39. The van der Waals surface area contributed by atoms with Gasteiger partial charge in [-0.3, -0.25) is 0 Å². The molecular weight excluding hydrogens is 507 g/mol. The first-order valence-electron chi connectivity index (χ1n) is 10.5. The second kappa shape index (κ2) is 8.82. The van der Waals surface area contributed by atoms with E-state index >= 15 is 0 Å². The van der Waals surface area contributed by atoms with Crippen LogP contribution in [-0.4, -0.2) is 19.9 Å². The summed E-state index contributed by atoms with van der Waals surface area (Å²) in [6, 6.07) is 25.1. The first-order chi connectivity index (χ1) is 17.1. The maximum atomic E-state index is 6.07. The Bertz CT molecular complexity index is 1850. The van der Waals surface area contributed by atoms with Gasteiger partial charge in [0.1, 0.15) is 27.9 Å². The maximum Gasteiger partial charge on any atom is 0.224 e. The molecule has 0 fully saturated rings. The summed E-state index contributed by atoms with van der Waals surface area (Å²) < 4.78 is 11.4. The second-order valence-corrected chi connectivity index (χ2v) is 8.58. The van der Waals surface area contributed by atoms with Gasteiger partial charge in [0.15, 0.2) is 16.3 Å². The Morgan fingerprint density at radius 3 is 1.69 bits per heavy atom. The third kappa shape index (κ3) is 3.96. The van der Waals surface area contributed by atoms with E-state index in [4.69, 9.17) is 43.6 Å². The molecule has 6 nitrogen and oxygen atoms in total. The van der Waals surface area contributed by atoms with Crippen molar-refractivity contribution in [3.63, 3.8) is 0 Å². The van der Waals surface area contributed by atoms with Crippen molar-refractivity contribution in [1.29, 1.82) is 0 Å². The van der Waals surface area contributed by atoms with Gasteiger partial charge in [-0.15, -0.1) is 0 Å². The molecule has 0 bridgehead atoms. The molecule has 0 aliphatic heterocycles. The molecule has 3 aromatic carbocycles. The molecule has 4 heterocycles. The zero-order chi connectivity index (χ0) is 23.9. The van der Waals surface area contributed by atoms with Gasteiger partial charge in [-0.05, 0) is 47.5 Å². The quantitative estimate of drug-likeness (QED) is 0.160. The molecule has 0 aliphatic rings. The van der Waals surface area contributed by atoms with Crippen molar-refractivity contribution in [3.05, 3.63) is 94.6 Å². The number of para-hydroxylation sites is 2. The zero-order valence-electron chi connectivity index (χ0n) is 17.7. The van der Waals surface area contributed by atoms with E-state index in [2.05, 4.69) is 19.9 Å². The van der Waals surface area contributed by atoms with E-state index < -0.39 is 0 Å². The second-order valence-electron chi connectivity index (χ2n) is 7.54. The fourth-order valence-electron chi connectivity index (χ4n) is 3.89. The predicted molar refractivity (Wildman–Crippen MR) is 139 cm³/mol. The molecule has 9 heteroatoms. The van der Waals surface area contributed by atoms with Crippen molar-refractivity contribution in [3.8, 4) is 11.3 Å². The number of furan rings is 2. The number of hydrogen-bond acceptors (Lipinski definition) is 6. The molecule has 0 saturated heterocycles. The highest BCUT2D eigenvalue weighted by Crippen LogP contribution is 2.34. The fraction of sp³-hybridized carbons (Fsp3) is 0. The zero-order valence-corrected chi connectivity index (χ0v) is 20.0. The van der Waals surface area contributed by atoms with Gasteiger partial charge in [-0.25, -0.2) is 19.9 Å². The van der Waals surface area contributed by atoms with Crippen LogP contribution in [0.4, 0.5) is 0 Å². The largest absolute Gasteiger partial charge is 0.452 e. The monoisotopic (exact) mass is 518 g/mol. The summed E-state index contributed by atoms with van der Waals surface area (Å²) >= 11 is 17.7. The first kappa shape index (κ1) is 21.8. The van der Waals surface area contributed by atoms with E-state index in [1.165, 1.54) is 0 Å². The predicted octanol–water partition coefficient (Wildman–Crippen LogP) is 8.38. The molecule has 7 aromatic rings. The average Bonchev–Trinajstić information content (AvgIpc) is 3.43. The van der Waals surface area contributed by atoms with Crippen molar-refractivity contribution in [2.75, 3.05) is 0 Å². The van der Waals surface area contributed by atoms with Crippen LogP contribution in [-0.2, 0) is 0 Å². The minimum Gasteiger partial charge on any atom is -0.452 e. The van der Waals surface area contributed by atoms with Crippen LogP contribution < -0.4 is 0 Å². The molecule has 4 aromatic heterocycles. The normalized spacial score (nSPS) is 11.3. The number of benzene rings is 3. The fourth-order valence-corrected chi connectivity index (χ4v) is 4.48. The number of nitrogens with zero attached hydrogens (tertiary/aromatic N) is 4. The third-order valence-corrected chi connectivity index (χ3v) is 5.99. The minimum absolute atomic E-state index is 0.124. The molecule has 170 valence electrons. The van der Waals surface area contributed by atoms with Crippen molar-refractivity contribution >= 4 is 78.9 Å².